The van der Waals surface area contributed by atoms with Crippen LogP contribution in [0.3, 0.4) is 0 Å². The average molecular weight is 610 g/mol. The molecular formula is C36H39N3O4S. The number of aliphatic carboxylic acids is 1. The SMILES string of the molecule is COc1ccc(-c2ccc(Cc3c(OCc4ccccn4)ccc4c3=C(SC(C)(C)C)C(C)(CC(C)C(=O)O)N=4)cc2)cn1. The number of methoxy groups -OCH3 is 1. The van der Waals surface area contributed by atoms with Crippen LogP contribution in [0.1, 0.15) is 57.9 Å². The maximum Gasteiger partial charge on any atom is 0.306 e. The number of aromatic nitrogens is 2. The molecule has 4 aromatic rings. The molecule has 0 bridgehead atoms. The summed E-state index contributed by atoms with van der Waals surface area (Å²) in [6.45, 7) is 10.7. The molecule has 1 aliphatic heterocycles. The second kappa shape index (κ2) is 12.8. The number of pyridine rings is 2. The Labute approximate surface area is 263 Å². The van der Waals surface area contributed by atoms with Crippen molar-refractivity contribution in [3.63, 3.8) is 0 Å². The minimum Gasteiger partial charge on any atom is -0.487 e. The Morgan fingerprint density at radius 3 is 2.36 bits per heavy atom. The van der Waals surface area contributed by atoms with E-state index in [1.54, 1.807) is 32.0 Å². The van der Waals surface area contributed by atoms with Gasteiger partial charge < -0.3 is 14.6 Å². The molecule has 2 unspecified atom stereocenters. The molecule has 0 saturated heterocycles. The van der Waals surface area contributed by atoms with Crippen molar-refractivity contribution in [3.05, 3.63) is 107 Å². The van der Waals surface area contributed by atoms with Gasteiger partial charge in [0.05, 0.1) is 29.6 Å². The number of thioether (sulfide) groups is 1. The van der Waals surface area contributed by atoms with Gasteiger partial charge in [0.25, 0.3) is 0 Å². The fraction of sp³-hybridized carbons (Fsp3) is 0.333. The quantitative estimate of drug-likeness (QED) is 0.208. The van der Waals surface area contributed by atoms with Crippen molar-refractivity contribution < 1.29 is 19.4 Å². The third-order valence-electron chi connectivity index (χ3n) is 7.58. The summed E-state index contributed by atoms with van der Waals surface area (Å²) in [6, 6.07) is 22.1. The van der Waals surface area contributed by atoms with Crippen molar-refractivity contribution >= 4 is 22.6 Å². The van der Waals surface area contributed by atoms with E-state index in [0.717, 1.165) is 49.2 Å². The maximum absolute atomic E-state index is 11.9. The van der Waals surface area contributed by atoms with Crippen LogP contribution in [-0.4, -0.2) is 38.4 Å². The number of rotatable bonds is 11. The monoisotopic (exact) mass is 609 g/mol. The second-order valence-corrected chi connectivity index (χ2v) is 14.2. The van der Waals surface area contributed by atoms with Gasteiger partial charge in [-0.15, -0.1) is 11.8 Å². The standard InChI is InChI=1S/C36H39N3O4S/c1-23(34(40)41)20-36(5)33(44-35(2,3)4)32-28(30(16-15-29(32)39-36)43-22-27-9-7-8-18-37-27)19-24-10-12-25(13-11-24)26-14-17-31(42-6)38-21-26/h7-18,21,23H,19-20,22H2,1-6H3,(H,40,41). The van der Waals surface area contributed by atoms with Crippen LogP contribution in [-0.2, 0) is 17.8 Å². The van der Waals surface area contributed by atoms with Crippen LogP contribution in [0.4, 0.5) is 0 Å². The van der Waals surface area contributed by atoms with Gasteiger partial charge in [0.2, 0.25) is 5.88 Å². The molecule has 228 valence electrons. The molecule has 2 aromatic heterocycles. The number of hydrogen-bond donors (Lipinski definition) is 1. The topological polar surface area (TPSA) is 93.9 Å². The van der Waals surface area contributed by atoms with Crippen LogP contribution in [0.2, 0.25) is 0 Å². The lowest BCUT2D eigenvalue weighted by Crippen LogP contribution is -2.32. The number of nitrogens with zero attached hydrogens (tertiary/aromatic N) is 3. The van der Waals surface area contributed by atoms with E-state index in [0.29, 0.717) is 25.3 Å². The summed E-state index contributed by atoms with van der Waals surface area (Å²) in [5.74, 6) is -0.00588. The van der Waals surface area contributed by atoms with Crippen LogP contribution in [0.5, 0.6) is 11.6 Å². The Morgan fingerprint density at radius 1 is 1.00 bits per heavy atom. The zero-order chi connectivity index (χ0) is 31.5. The molecule has 2 atom stereocenters. The number of fused-ring (bicyclic) bond motifs is 1. The Bertz CT molecular complexity index is 1750. The average Bonchev–Trinajstić information content (AvgIpc) is 3.27. The van der Waals surface area contributed by atoms with Gasteiger partial charge in [0.1, 0.15) is 12.4 Å². The van der Waals surface area contributed by atoms with E-state index in [9.17, 15) is 9.90 Å². The maximum atomic E-state index is 11.9. The second-order valence-electron chi connectivity index (χ2n) is 12.4. The molecule has 0 fully saturated rings. The van der Waals surface area contributed by atoms with Gasteiger partial charge in [0.15, 0.2) is 0 Å². The molecule has 1 aliphatic rings. The minimum absolute atomic E-state index is 0.115. The lowest BCUT2D eigenvalue weighted by molar-refractivity contribution is -0.141. The molecular weight excluding hydrogens is 570 g/mol. The third kappa shape index (κ3) is 7.13. The van der Waals surface area contributed by atoms with Crippen molar-refractivity contribution in [3.8, 4) is 22.8 Å². The molecule has 0 aliphatic carbocycles. The predicted molar refractivity (Wildman–Crippen MR) is 175 cm³/mol. The van der Waals surface area contributed by atoms with Crippen molar-refractivity contribution in [2.45, 2.75) is 64.4 Å². The number of carbonyl (C=O) groups is 1. The molecule has 0 amide bonds. The van der Waals surface area contributed by atoms with Gasteiger partial charge >= 0.3 is 5.97 Å². The fourth-order valence-electron chi connectivity index (χ4n) is 5.47. The summed E-state index contributed by atoms with van der Waals surface area (Å²) in [5.41, 5.74) is 4.41. The van der Waals surface area contributed by atoms with Crippen LogP contribution < -0.4 is 20.0 Å². The highest BCUT2D eigenvalue weighted by Crippen LogP contribution is 2.44. The van der Waals surface area contributed by atoms with Crippen LogP contribution in [0.15, 0.2) is 84.1 Å². The first-order chi connectivity index (χ1) is 21.0. The van der Waals surface area contributed by atoms with Crippen LogP contribution in [0, 0.1) is 5.92 Å². The van der Waals surface area contributed by atoms with E-state index < -0.39 is 17.4 Å². The summed E-state index contributed by atoms with van der Waals surface area (Å²) in [6.07, 6.45) is 4.61. The lowest BCUT2D eigenvalue weighted by atomic mass is 9.89. The Hall–Kier alpha value is -4.17. The summed E-state index contributed by atoms with van der Waals surface area (Å²) in [7, 11) is 1.61. The highest BCUT2D eigenvalue weighted by molar-refractivity contribution is 8.09. The zero-order valence-electron chi connectivity index (χ0n) is 26.1. The number of carboxylic acid groups (broad SMARTS) is 1. The summed E-state index contributed by atoms with van der Waals surface area (Å²) < 4.78 is 11.6. The summed E-state index contributed by atoms with van der Waals surface area (Å²) in [4.78, 5) is 27.0. The summed E-state index contributed by atoms with van der Waals surface area (Å²) >= 11 is 1.76. The van der Waals surface area contributed by atoms with E-state index in [1.165, 1.54) is 0 Å². The first-order valence-electron chi connectivity index (χ1n) is 14.8. The number of carboxylic acids is 1. The van der Waals surface area contributed by atoms with Gasteiger partial charge in [0, 0.05) is 50.9 Å². The van der Waals surface area contributed by atoms with Gasteiger partial charge in [-0.3, -0.25) is 14.8 Å². The lowest BCUT2D eigenvalue weighted by Gasteiger charge is -2.31. The normalized spacial score (nSPS) is 16.6. The molecule has 2 aromatic carbocycles. The van der Waals surface area contributed by atoms with Crippen molar-refractivity contribution in [1.29, 1.82) is 0 Å². The van der Waals surface area contributed by atoms with Crippen molar-refractivity contribution in [1.82, 2.24) is 9.97 Å². The molecule has 0 radical (unpaired) electrons. The Morgan fingerprint density at radius 2 is 1.75 bits per heavy atom. The van der Waals surface area contributed by atoms with E-state index in [-0.39, 0.29) is 4.75 Å². The molecule has 5 rings (SSSR count). The molecule has 1 N–H and O–H groups in total. The Kier molecular flexibility index (Phi) is 9.11. The molecule has 8 heteroatoms. The first-order valence-corrected chi connectivity index (χ1v) is 15.6. The van der Waals surface area contributed by atoms with Gasteiger partial charge in [-0.1, -0.05) is 58.0 Å². The van der Waals surface area contributed by atoms with Crippen molar-refractivity contribution in [2.75, 3.05) is 7.11 Å². The van der Waals surface area contributed by atoms with Crippen LogP contribution in [0.25, 0.3) is 16.0 Å². The number of hydrogen-bond acceptors (Lipinski definition) is 7. The van der Waals surface area contributed by atoms with E-state index in [2.05, 4.69) is 61.9 Å². The Balaban J connectivity index is 1.61. The fourth-order valence-corrected chi connectivity index (χ4v) is 6.77. The number of ether oxygens (including phenoxy) is 2. The molecule has 44 heavy (non-hydrogen) atoms. The largest absolute Gasteiger partial charge is 0.487 e. The first kappa shape index (κ1) is 31.3. The molecule has 0 spiro atoms. The minimum atomic E-state index is -0.816. The third-order valence-corrected chi connectivity index (χ3v) is 9.04. The van der Waals surface area contributed by atoms with Gasteiger partial charge in [-0.05, 0) is 54.8 Å². The highest BCUT2D eigenvalue weighted by Gasteiger charge is 2.39. The summed E-state index contributed by atoms with van der Waals surface area (Å²) in [5, 5.41) is 11.7. The molecule has 0 saturated carbocycles. The van der Waals surface area contributed by atoms with E-state index >= 15 is 0 Å². The molecule has 7 nitrogen and oxygen atoms in total. The molecule has 3 heterocycles. The van der Waals surface area contributed by atoms with Gasteiger partial charge in [-0.25, -0.2) is 4.98 Å². The zero-order valence-corrected chi connectivity index (χ0v) is 26.9. The van der Waals surface area contributed by atoms with E-state index in [1.807, 2.05) is 48.7 Å². The highest BCUT2D eigenvalue weighted by atomic mass is 32.2. The van der Waals surface area contributed by atoms with Crippen molar-refractivity contribution in [2.24, 2.45) is 10.9 Å². The van der Waals surface area contributed by atoms with Crippen LogP contribution >= 0.6 is 11.8 Å². The predicted octanol–water partition coefficient (Wildman–Crippen LogP) is 6.46. The van der Waals surface area contributed by atoms with E-state index in [4.69, 9.17) is 14.5 Å². The number of benzene rings is 2. The smallest absolute Gasteiger partial charge is 0.306 e. The van der Waals surface area contributed by atoms with Gasteiger partial charge in [-0.2, -0.15) is 0 Å².